The minimum atomic E-state index is -0.272. The van der Waals surface area contributed by atoms with Crippen LogP contribution < -0.4 is 10.6 Å². The molecular weight excluding hydrogens is 324 g/mol. The van der Waals surface area contributed by atoms with Gasteiger partial charge in [0.2, 0.25) is 5.91 Å². The molecule has 2 N–H and O–H groups in total. The molecule has 1 atom stereocenters. The smallest absolute Gasteiger partial charge is 0.252 e. The summed E-state index contributed by atoms with van der Waals surface area (Å²) in [6.07, 6.45) is 0.234. The van der Waals surface area contributed by atoms with Crippen LogP contribution in [0.4, 0.5) is 0 Å². The lowest BCUT2D eigenvalue weighted by Gasteiger charge is -2.13. The molecule has 2 aromatic rings. The SMILES string of the molecule is C[C@H](CNC(=O)CCNC(=O)c1ccccc1Cl)c1ccccc1. The molecule has 0 bridgehead atoms. The van der Waals surface area contributed by atoms with Gasteiger partial charge in [-0.2, -0.15) is 0 Å². The van der Waals surface area contributed by atoms with Crippen molar-refractivity contribution in [3.05, 3.63) is 70.7 Å². The van der Waals surface area contributed by atoms with Crippen LogP contribution in [0.3, 0.4) is 0 Å². The van der Waals surface area contributed by atoms with Crippen LogP contribution in [0.1, 0.15) is 35.2 Å². The third-order valence-electron chi connectivity index (χ3n) is 3.73. The Hall–Kier alpha value is -2.33. The minimum absolute atomic E-state index is 0.0859. The van der Waals surface area contributed by atoms with Gasteiger partial charge in [0.15, 0.2) is 0 Å². The Kier molecular flexibility index (Phi) is 6.82. The summed E-state index contributed by atoms with van der Waals surface area (Å²) >= 11 is 5.96. The molecule has 0 spiro atoms. The van der Waals surface area contributed by atoms with Crippen LogP contribution in [0.5, 0.6) is 0 Å². The van der Waals surface area contributed by atoms with Crippen molar-refractivity contribution >= 4 is 23.4 Å². The predicted octanol–water partition coefficient (Wildman–Crippen LogP) is 3.38. The van der Waals surface area contributed by atoms with E-state index in [1.165, 1.54) is 5.56 Å². The number of carbonyl (C=O) groups excluding carboxylic acids is 2. The predicted molar refractivity (Wildman–Crippen MR) is 96.3 cm³/mol. The number of amides is 2. The van der Waals surface area contributed by atoms with Crippen LogP contribution in [0, 0.1) is 0 Å². The Labute approximate surface area is 147 Å². The maximum Gasteiger partial charge on any atom is 0.252 e. The summed E-state index contributed by atoms with van der Waals surface area (Å²) in [7, 11) is 0. The maximum atomic E-state index is 12.0. The van der Waals surface area contributed by atoms with E-state index in [9.17, 15) is 9.59 Å². The van der Waals surface area contributed by atoms with Gasteiger partial charge in [-0.15, -0.1) is 0 Å². The molecule has 0 radical (unpaired) electrons. The number of carbonyl (C=O) groups is 2. The molecule has 0 fully saturated rings. The molecule has 0 heterocycles. The van der Waals surface area contributed by atoms with E-state index in [0.717, 1.165) is 0 Å². The van der Waals surface area contributed by atoms with E-state index in [1.807, 2.05) is 30.3 Å². The van der Waals surface area contributed by atoms with Gasteiger partial charge in [-0.05, 0) is 23.6 Å². The van der Waals surface area contributed by atoms with Crippen molar-refractivity contribution in [3.63, 3.8) is 0 Å². The molecule has 0 unspecified atom stereocenters. The highest BCUT2D eigenvalue weighted by Crippen LogP contribution is 2.14. The van der Waals surface area contributed by atoms with Gasteiger partial charge in [-0.25, -0.2) is 0 Å². The van der Waals surface area contributed by atoms with Crippen LogP contribution in [0.25, 0.3) is 0 Å². The van der Waals surface area contributed by atoms with E-state index in [4.69, 9.17) is 11.6 Å². The fourth-order valence-electron chi connectivity index (χ4n) is 2.28. The van der Waals surface area contributed by atoms with E-state index in [0.29, 0.717) is 17.1 Å². The van der Waals surface area contributed by atoms with Crippen molar-refractivity contribution in [2.45, 2.75) is 19.3 Å². The summed E-state index contributed by atoms with van der Waals surface area (Å²) in [6.45, 7) is 2.91. The fraction of sp³-hybridized carbons (Fsp3) is 0.263. The van der Waals surface area contributed by atoms with Crippen LogP contribution in [-0.4, -0.2) is 24.9 Å². The van der Waals surface area contributed by atoms with Crippen molar-refractivity contribution in [3.8, 4) is 0 Å². The first-order chi connectivity index (χ1) is 11.6. The lowest BCUT2D eigenvalue weighted by Crippen LogP contribution is -2.32. The minimum Gasteiger partial charge on any atom is -0.355 e. The van der Waals surface area contributed by atoms with E-state index in [2.05, 4.69) is 17.6 Å². The average Bonchev–Trinajstić information content (AvgIpc) is 2.60. The van der Waals surface area contributed by atoms with Crippen LogP contribution in [0.2, 0.25) is 5.02 Å². The average molecular weight is 345 g/mol. The van der Waals surface area contributed by atoms with E-state index < -0.39 is 0 Å². The molecule has 5 heteroatoms. The van der Waals surface area contributed by atoms with Gasteiger partial charge in [0, 0.05) is 19.5 Å². The summed E-state index contributed by atoms with van der Waals surface area (Å²) in [4.78, 5) is 23.8. The second kappa shape index (κ2) is 9.08. The van der Waals surface area contributed by atoms with Gasteiger partial charge in [-0.3, -0.25) is 9.59 Å². The van der Waals surface area contributed by atoms with Crippen molar-refractivity contribution in [1.82, 2.24) is 10.6 Å². The molecule has 126 valence electrons. The Morgan fingerprint density at radius 2 is 1.67 bits per heavy atom. The molecule has 24 heavy (non-hydrogen) atoms. The number of rotatable bonds is 7. The first-order valence-corrected chi connectivity index (χ1v) is 8.30. The van der Waals surface area contributed by atoms with Gasteiger partial charge in [0.05, 0.1) is 10.6 Å². The van der Waals surface area contributed by atoms with Gasteiger partial charge >= 0.3 is 0 Å². The molecule has 0 saturated carbocycles. The van der Waals surface area contributed by atoms with Crippen molar-refractivity contribution < 1.29 is 9.59 Å². The maximum absolute atomic E-state index is 12.0. The normalized spacial score (nSPS) is 11.6. The van der Waals surface area contributed by atoms with Crippen LogP contribution in [-0.2, 0) is 4.79 Å². The standard InChI is InChI=1S/C19H21ClN2O2/c1-14(15-7-3-2-4-8-15)13-22-18(23)11-12-21-19(24)16-9-5-6-10-17(16)20/h2-10,14H,11-13H2,1H3,(H,21,24)(H,22,23)/t14-/m1/s1. The van der Waals surface area contributed by atoms with Crippen LogP contribution >= 0.6 is 11.6 Å². The highest BCUT2D eigenvalue weighted by Gasteiger charge is 2.10. The fourth-order valence-corrected chi connectivity index (χ4v) is 2.51. The summed E-state index contributed by atoms with van der Waals surface area (Å²) in [5.74, 6) is -0.115. The van der Waals surface area contributed by atoms with Gasteiger partial charge in [0.25, 0.3) is 5.91 Å². The number of hydrogen-bond acceptors (Lipinski definition) is 2. The second-order valence-electron chi connectivity index (χ2n) is 5.60. The zero-order valence-corrected chi connectivity index (χ0v) is 14.3. The van der Waals surface area contributed by atoms with Gasteiger partial charge in [0.1, 0.15) is 0 Å². The lowest BCUT2D eigenvalue weighted by atomic mass is 10.0. The van der Waals surface area contributed by atoms with Crippen molar-refractivity contribution in [2.75, 3.05) is 13.1 Å². The molecule has 0 aliphatic carbocycles. The third-order valence-corrected chi connectivity index (χ3v) is 4.06. The Balaban J connectivity index is 1.70. The van der Waals surface area contributed by atoms with Gasteiger partial charge < -0.3 is 10.6 Å². The van der Waals surface area contributed by atoms with Crippen molar-refractivity contribution in [1.29, 1.82) is 0 Å². The topological polar surface area (TPSA) is 58.2 Å². The van der Waals surface area contributed by atoms with Gasteiger partial charge in [-0.1, -0.05) is 61.0 Å². The zero-order valence-electron chi connectivity index (χ0n) is 13.6. The summed E-state index contributed by atoms with van der Waals surface area (Å²) < 4.78 is 0. The molecule has 0 aliphatic heterocycles. The molecule has 2 rings (SSSR count). The summed E-state index contributed by atoms with van der Waals surface area (Å²) in [5.41, 5.74) is 1.60. The molecular formula is C19H21ClN2O2. The van der Waals surface area contributed by atoms with E-state index in [-0.39, 0.29) is 30.7 Å². The lowest BCUT2D eigenvalue weighted by molar-refractivity contribution is -0.121. The van der Waals surface area contributed by atoms with Crippen LogP contribution in [0.15, 0.2) is 54.6 Å². The molecule has 2 aromatic carbocycles. The number of hydrogen-bond donors (Lipinski definition) is 2. The number of nitrogens with one attached hydrogen (secondary N) is 2. The highest BCUT2D eigenvalue weighted by molar-refractivity contribution is 6.33. The quantitative estimate of drug-likeness (QED) is 0.809. The summed E-state index contributed by atoms with van der Waals surface area (Å²) in [6, 6.07) is 16.8. The molecule has 0 aliphatic rings. The van der Waals surface area contributed by atoms with E-state index in [1.54, 1.807) is 24.3 Å². The Morgan fingerprint density at radius 3 is 2.38 bits per heavy atom. The second-order valence-corrected chi connectivity index (χ2v) is 6.01. The number of halogens is 1. The molecule has 0 saturated heterocycles. The Bertz CT molecular complexity index is 689. The Morgan fingerprint density at radius 1 is 1.00 bits per heavy atom. The summed E-state index contributed by atoms with van der Waals surface area (Å²) in [5, 5.41) is 5.99. The molecule has 2 amide bonds. The van der Waals surface area contributed by atoms with Crippen molar-refractivity contribution in [2.24, 2.45) is 0 Å². The highest BCUT2D eigenvalue weighted by atomic mass is 35.5. The third kappa shape index (κ3) is 5.39. The molecule has 4 nitrogen and oxygen atoms in total. The zero-order chi connectivity index (χ0) is 17.4. The first kappa shape index (κ1) is 18.0. The largest absolute Gasteiger partial charge is 0.355 e. The van der Waals surface area contributed by atoms with E-state index >= 15 is 0 Å². The first-order valence-electron chi connectivity index (χ1n) is 7.92. The number of benzene rings is 2. The monoisotopic (exact) mass is 344 g/mol. The molecule has 0 aromatic heterocycles.